The van der Waals surface area contributed by atoms with Crippen LogP contribution in [0.1, 0.15) is 30.6 Å². The molecule has 1 atom stereocenters. The molecule has 0 saturated carbocycles. The van der Waals surface area contributed by atoms with Crippen molar-refractivity contribution in [3.8, 4) is 5.75 Å². The van der Waals surface area contributed by atoms with E-state index in [0.29, 0.717) is 5.02 Å². The lowest BCUT2D eigenvalue weighted by Gasteiger charge is -2.15. The van der Waals surface area contributed by atoms with Gasteiger partial charge in [0.25, 0.3) is 0 Å². The van der Waals surface area contributed by atoms with Gasteiger partial charge in [-0.2, -0.15) is 0 Å². The van der Waals surface area contributed by atoms with Crippen molar-refractivity contribution in [2.75, 3.05) is 0 Å². The molecule has 0 radical (unpaired) electrons. The van der Waals surface area contributed by atoms with Crippen molar-refractivity contribution in [2.24, 2.45) is 0 Å². The van der Waals surface area contributed by atoms with E-state index in [-0.39, 0.29) is 17.4 Å². The van der Waals surface area contributed by atoms with Gasteiger partial charge >= 0.3 is 5.97 Å². The highest BCUT2D eigenvalue weighted by atomic mass is 35.5. The molecule has 4 heteroatoms. The summed E-state index contributed by atoms with van der Waals surface area (Å²) >= 11 is 5.89. The Kier molecular flexibility index (Phi) is 3.97. The Labute approximate surface area is 93.6 Å². The van der Waals surface area contributed by atoms with E-state index in [0.717, 1.165) is 6.42 Å². The van der Waals surface area contributed by atoms with Crippen molar-refractivity contribution in [2.45, 2.75) is 26.4 Å². The normalized spacial score (nSPS) is 12.2. The van der Waals surface area contributed by atoms with E-state index in [1.165, 1.54) is 6.07 Å². The molecule has 1 aromatic carbocycles. The number of carboxylic acids is 1. The molecule has 0 spiro atoms. The fourth-order valence-corrected chi connectivity index (χ4v) is 1.30. The van der Waals surface area contributed by atoms with Gasteiger partial charge in [0.15, 0.2) is 5.75 Å². The first-order valence-electron chi connectivity index (χ1n) is 4.74. The molecule has 1 unspecified atom stereocenters. The number of halogens is 1. The van der Waals surface area contributed by atoms with Crippen LogP contribution >= 0.6 is 11.6 Å². The average Bonchev–Trinajstić information content (AvgIpc) is 2.20. The molecule has 0 heterocycles. The Morgan fingerprint density at radius 3 is 2.80 bits per heavy atom. The van der Waals surface area contributed by atoms with E-state index in [1.807, 2.05) is 13.8 Å². The van der Waals surface area contributed by atoms with Crippen LogP contribution in [0.4, 0.5) is 0 Å². The number of ether oxygens (including phenoxy) is 1. The zero-order valence-corrected chi connectivity index (χ0v) is 9.41. The van der Waals surface area contributed by atoms with Gasteiger partial charge < -0.3 is 9.84 Å². The Morgan fingerprint density at radius 2 is 2.27 bits per heavy atom. The largest absolute Gasteiger partial charge is 0.488 e. The Balaban J connectivity index is 3.07. The van der Waals surface area contributed by atoms with E-state index < -0.39 is 5.97 Å². The van der Waals surface area contributed by atoms with Crippen LogP contribution in [-0.4, -0.2) is 17.2 Å². The zero-order chi connectivity index (χ0) is 11.4. The molecule has 3 nitrogen and oxygen atoms in total. The number of para-hydroxylation sites is 1. The van der Waals surface area contributed by atoms with Crippen LogP contribution in [0.5, 0.6) is 5.75 Å². The van der Waals surface area contributed by atoms with Gasteiger partial charge in [-0.1, -0.05) is 24.6 Å². The summed E-state index contributed by atoms with van der Waals surface area (Å²) in [5, 5.41) is 9.27. The highest BCUT2D eigenvalue weighted by Gasteiger charge is 2.16. The first-order chi connectivity index (χ1) is 7.06. The van der Waals surface area contributed by atoms with Gasteiger partial charge in [-0.05, 0) is 25.5 Å². The predicted molar refractivity (Wildman–Crippen MR) is 58.8 cm³/mol. The quantitative estimate of drug-likeness (QED) is 0.861. The summed E-state index contributed by atoms with van der Waals surface area (Å²) < 4.78 is 5.47. The summed E-state index contributed by atoms with van der Waals surface area (Å²) in [5.41, 5.74) is 0.0998. The van der Waals surface area contributed by atoms with Gasteiger partial charge in [0.1, 0.15) is 5.56 Å². The highest BCUT2D eigenvalue weighted by molar-refractivity contribution is 6.32. The lowest BCUT2D eigenvalue weighted by atomic mass is 10.2. The van der Waals surface area contributed by atoms with Crippen molar-refractivity contribution >= 4 is 17.6 Å². The molecular weight excluding hydrogens is 216 g/mol. The van der Waals surface area contributed by atoms with E-state index in [1.54, 1.807) is 12.1 Å². The number of rotatable bonds is 4. The minimum atomic E-state index is -1.03. The highest BCUT2D eigenvalue weighted by Crippen LogP contribution is 2.29. The SMILES string of the molecule is CCC(C)Oc1c(Cl)cccc1C(=O)O. The third-order valence-electron chi connectivity index (χ3n) is 2.09. The zero-order valence-electron chi connectivity index (χ0n) is 8.66. The van der Waals surface area contributed by atoms with Crippen LogP contribution in [0.2, 0.25) is 5.02 Å². The molecule has 82 valence electrons. The number of carboxylic acid groups (broad SMARTS) is 1. The summed E-state index contributed by atoms with van der Waals surface area (Å²) in [5.74, 6) is -0.781. The van der Waals surface area contributed by atoms with E-state index in [4.69, 9.17) is 21.4 Å². The first kappa shape index (κ1) is 11.9. The van der Waals surface area contributed by atoms with Crippen LogP contribution in [0.15, 0.2) is 18.2 Å². The Morgan fingerprint density at radius 1 is 1.60 bits per heavy atom. The number of benzene rings is 1. The third-order valence-corrected chi connectivity index (χ3v) is 2.39. The van der Waals surface area contributed by atoms with Gasteiger partial charge in [-0.3, -0.25) is 0 Å². The summed E-state index contributed by atoms with van der Waals surface area (Å²) in [7, 11) is 0. The fraction of sp³-hybridized carbons (Fsp3) is 0.364. The molecular formula is C11H13ClO3. The predicted octanol–water partition coefficient (Wildman–Crippen LogP) is 3.22. The lowest BCUT2D eigenvalue weighted by Crippen LogP contribution is -2.13. The maximum atomic E-state index is 10.9. The average molecular weight is 229 g/mol. The Bertz CT molecular complexity index is 363. The third kappa shape index (κ3) is 2.86. The summed E-state index contributed by atoms with van der Waals surface area (Å²) in [6, 6.07) is 4.69. The maximum absolute atomic E-state index is 10.9. The van der Waals surface area contributed by atoms with Gasteiger partial charge in [-0.25, -0.2) is 4.79 Å². The van der Waals surface area contributed by atoms with Crippen LogP contribution in [0, 0.1) is 0 Å². The summed E-state index contributed by atoms with van der Waals surface area (Å²) in [6.07, 6.45) is 0.743. The summed E-state index contributed by atoms with van der Waals surface area (Å²) in [6.45, 7) is 3.83. The molecule has 0 fully saturated rings. The standard InChI is InChI=1S/C11H13ClO3/c1-3-7(2)15-10-8(11(13)14)5-4-6-9(10)12/h4-7H,3H2,1-2H3,(H,13,14). The second-order valence-corrected chi connectivity index (χ2v) is 3.67. The molecule has 0 bridgehead atoms. The van der Waals surface area contributed by atoms with Crippen molar-refractivity contribution in [1.82, 2.24) is 0 Å². The second kappa shape index (κ2) is 5.03. The fourth-order valence-electron chi connectivity index (χ4n) is 1.08. The maximum Gasteiger partial charge on any atom is 0.339 e. The monoisotopic (exact) mass is 228 g/mol. The van der Waals surface area contributed by atoms with E-state index in [2.05, 4.69) is 0 Å². The molecule has 0 aliphatic carbocycles. The van der Waals surface area contributed by atoms with Gasteiger partial charge in [0.05, 0.1) is 11.1 Å². The number of hydrogen-bond acceptors (Lipinski definition) is 2. The van der Waals surface area contributed by atoms with Gasteiger partial charge in [-0.15, -0.1) is 0 Å². The van der Waals surface area contributed by atoms with Gasteiger partial charge in [0.2, 0.25) is 0 Å². The molecule has 0 aliphatic heterocycles. The first-order valence-corrected chi connectivity index (χ1v) is 5.12. The lowest BCUT2D eigenvalue weighted by molar-refractivity contribution is 0.0689. The summed E-state index contributed by atoms with van der Waals surface area (Å²) in [4.78, 5) is 10.9. The number of carbonyl (C=O) groups is 1. The van der Waals surface area contributed by atoms with Crippen LogP contribution < -0.4 is 4.74 Å². The molecule has 1 aromatic rings. The molecule has 0 aliphatic rings. The van der Waals surface area contributed by atoms with Crippen molar-refractivity contribution < 1.29 is 14.6 Å². The van der Waals surface area contributed by atoms with Crippen molar-refractivity contribution in [3.63, 3.8) is 0 Å². The molecule has 15 heavy (non-hydrogen) atoms. The molecule has 1 rings (SSSR count). The minimum absolute atomic E-state index is 0.0528. The molecule has 0 saturated heterocycles. The molecule has 1 N–H and O–H groups in total. The minimum Gasteiger partial charge on any atom is -0.488 e. The van der Waals surface area contributed by atoms with E-state index in [9.17, 15) is 4.79 Å². The van der Waals surface area contributed by atoms with Crippen LogP contribution in [-0.2, 0) is 0 Å². The smallest absolute Gasteiger partial charge is 0.339 e. The number of aromatic carboxylic acids is 1. The van der Waals surface area contributed by atoms with Crippen molar-refractivity contribution in [3.05, 3.63) is 28.8 Å². The Hall–Kier alpha value is -1.22. The second-order valence-electron chi connectivity index (χ2n) is 3.26. The van der Waals surface area contributed by atoms with Crippen LogP contribution in [0.25, 0.3) is 0 Å². The number of hydrogen-bond donors (Lipinski definition) is 1. The van der Waals surface area contributed by atoms with E-state index >= 15 is 0 Å². The van der Waals surface area contributed by atoms with Crippen molar-refractivity contribution in [1.29, 1.82) is 0 Å². The molecule has 0 aromatic heterocycles. The van der Waals surface area contributed by atoms with Crippen LogP contribution in [0.3, 0.4) is 0 Å². The van der Waals surface area contributed by atoms with Gasteiger partial charge in [0, 0.05) is 0 Å². The molecule has 0 amide bonds. The topological polar surface area (TPSA) is 46.5 Å².